The van der Waals surface area contributed by atoms with Gasteiger partial charge in [0.1, 0.15) is 5.75 Å². The summed E-state index contributed by atoms with van der Waals surface area (Å²) >= 11 is 0. The van der Waals surface area contributed by atoms with Gasteiger partial charge in [-0.3, -0.25) is 0 Å². The van der Waals surface area contributed by atoms with Gasteiger partial charge in [0, 0.05) is 5.69 Å². The Kier molecular flexibility index (Phi) is 8.41. The lowest BCUT2D eigenvalue weighted by Crippen LogP contribution is -2.22. The molecule has 0 unspecified atom stereocenters. The van der Waals surface area contributed by atoms with Crippen LogP contribution in [0.25, 0.3) is 0 Å². The van der Waals surface area contributed by atoms with Crippen LogP contribution in [-0.2, 0) is 6.54 Å². The van der Waals surface area contributed by atoms with E-state index in [1.54, 1.807) is 0 Å². The molecule has 0 amide bonds. The number of hydrogen-bond acceptors (Lipinski definition) is 2. The maximum absolute atomic E-state index is 5.91. The maximum Gasteiger partial charge on any atom is 0.193 e. The first-order valence-electron chi connectivity index (χ1n) is 8.42. The number of benzene rings is 2. The molecule has 24 heavy (non-hydrogen) atoms. The van der Waals surface area contributed by atoms with Crippen molar-refractivity contribution in [3.8, 4) is 5.75 Å². The van der Waals surface area contributed by atoms with Crippen LogP contribution in [0.4, 0.5) is 5.69 Å². The average Bonchev–Trinajstić information content (AvgIpc) is 2.57. The lowest BCUT2D eigenvalue weighted by molar-refractivity contribution is 0.242. The molecule has 4 nitrogen and oxygen atoms in total. The van der Waals surface area contributed by atoms with Crippen molar-refractivity contribution in [2.24, 2.45) is 10.7 Å². The minimum absolute atomic E-state index is 0.167. The zero-order chi connectivity index (χ0) is 17.9. The van der Waals surface area contributed by atoms with Crippen LogP contribution in [0.2, 0.25) is 0 Å². The van der Waals surface area contributed by atoms with Crippen LogP contribution >= 0.6 is 0 Å². The smallest absolute Gasteiger partial charge is 0.193 e. The Morgan fingerprint density at radius 3 is 2.17 bits per heavy atom. The maximum atomic E-state index is 5.91. The molecular weight excluding hydrogens is 298 g/mol. The highest BCUT2D eigenvalue weighted by Gasteiger charge is 1.99. The molecule has 2 aromatic carbocycles. The van der Waals surface area contributed by atoms with Crippen LogP contribution in [0.5, 0.6) is 5.75 Å². The molecule has 0 aliphatic carbocycles. The largest absolute Gasteiger partial charge is 0.491 e. The Morgan fingerprint density at radius 2 is 1.62 bits per heavy atom. The summed E-state index contributed by atoms with van der Waals surface area (Å²) in [7, 11) is 0. The van der Waals surface area contributed by atoms with Crippen LogP contribution in [0, 0.1) is 6.92 Å². The van der Waals surface area contributed by atoms with Crippen LogP contribution in [0.15, 0.2) is 53.5 Å². The predicted molar refractivity (Wildman–Crippen MR) is 104 cm³/mol. The summed E-state index contributed by atoms with van der Waals surface area (Å²) in [4.78, 5) is 4.34. The summed E-state index contributed by atoms with van der Waals surface area (Å²) in [5.74, 6) is 1.24. The van der Waals surface area contributed by atoms with Crippen molar-refractivity contribution in [1.82, 2.24) is 0 Å². The monoisotopic (exact) mass is 327 g/mol. The molecule has 0 aliphatic heterocycles. The Hall–Kier alpha value is -2.49. The number of aryl methyl sites for hydroxylation is 1. The molecule has 0 fully saturated rings. The fraction of sp³-hybridized carbons (Fsp3) is 0.350. The van der Waals surface area contributed by atoms with Gasteiger partial charge in [-0.05, 0) is 50.6 Å². The van der Waals surface area contributed by atoms with E-state index in [1.807, 2.05) is 52.0 Å². The van der Waals surface area contributed by atoms with Crippen molar-refractivity contribution in [3.05, 3.63) is 59.7 Å². The normalized spacial score (nSPS) is 10.8. The fourth-order valence-corrected chi connectivity index (χ4v) is 1.95. The van der Waals surface area contributed by atoms with E-state index in [1.165, 1.54) is 5.56 Å². The zero-order valence-corrected chi connectivity index (χ0v) is 15.3. The fourth-order valence-electron chi connectivity index (χ4n) is 1.95. The minimum atomic E-state index is 0.167. The number of rotatable bonds is 5. The SMILES string of the molecule is CC.Cc1ccc(CN=C(N)Nc2ccc(OC(C)C)cc2)cc1. The third-order valence-electron chi connectivity index (χ3n) is 3.05. The number of ether oxygens (including phenoxy) is 1. The lowest BCUT2D eigenvalue weighted by Gasteiger charge is -2.11. The van der Waals surface area contributed by atoms with E-state index in [4.69, 9.17) is 10.5 Å². The highest BCUT2D eigenvalue weighted by molar-refractivity contribution is 5.92. The summed E-state index contributed by atoms with van der Waals surface area (Å²) in [6.07, 6.45) is 0.167. The zero-order valence-electron chi connectivity index (χ0n) is 15.3. The molecule has 0 saturated carbocycles. The van der Waals surface area contributed by atoms with Gasteiger partial charge in [-0.2, -0.15) is 0 Å². The number of hydrogen-bond donors (Lipinski definition) is 2. The van der Waals surface area contributed by atoms with E-state index in [0.717, 1.165) is 17.0 Å². The van der Waals surface area contributed by atoms with Crippen molar-refractivity contribution < 1.29 is 4.74 Å². The molecule has 0 saturated heterocycles. The summed E-state index contributed by atoms with van der Waals surface area (Å²) in [5.41, 5.74) is 9.17. The van der Waals surface area contributed by atoms with Crippen molar-refractivity contribution in [3.63, 3.8) is 0 Å². The summed E-state index contributed by atoms with van der Waals surface area (Å²) in [6, 6.07) is 15.9. The van der Waals surface area contributed by atoms with Crippen molar-refractivity contribution in [1.29, 1.82) is 0 Å². The van der Waals surface area contributed by atoms with Gasteiger partial charge in [-0.25, -0.2) is 4.99 Å². The third kappa shape index (κ3) is 7.18. The Morgan fingerprint density at radius 1 is 1.04 bits per heavy atom. The Labute approximate surface area is 145 Å². The van der Waals surface area contributed by atoms with Gasteiger partial charge >= 0.3 is 0 Å². The van der Waals surface area contributed by atoms with E-state index in [9.17, 15) is 0 Å². The van der Waals surface area contributed by atoms with Gasteiger partial charge in [0.25, 0.3) is 0 Å². The minimum Gasteiger partial charge on any atom is -0.491 e. The first-order chi connectivity index (χ1) is 11.5. The first-order valence-corrected chi connectivity index (χ1v) is 8.42. The van der Waals surface area contributed by atoms with E-state index < -0.39 is 0 Å². The third-order valence-corrected chi connectivity index (χ3v) is 3.05. The molecule has 130 valence electrons. The number of guanidine groups is 1. The number of nitrogens with zero attached hydrogens (tertiary/aromatic N) is 1. The molecule has 0 atom stereocenters. The molecular formula is C20H29N3O. The van der Waals surface area contributed by atoms with Gasteiger partial charge < -0.3 is 15.8 Å². The van der Waals surface area contributed by atoms with E-state index in [-0.39, 0.29) is 6.10 Å². The van der Waals surface area contributed by atoms with Crippen LogP contribution in [0.1, 0.15) is 38.8 Å². The van der Waals surface area contributed by atoms with Gasteiger partial charge in [-0.1, -0.05) is 43.7 Å². The van der Waals surface area contributed by atoms with E-state index >= 15 is 0 Å². The molecule has 0 heterocycles. The van der Waals surface area contributed by atoms with Crippen LogP contribution < -0.4 is 15.8 Å². The standard InChI is InChI=1S/C18H23N3O.C2H6/c1-13(2)22-17-10-8-16(9-11-17)21-18(19)20-12-15-6-4-14(3)5-7-15;1-2/h4-11,13H,12H2,1-3H3,(H3,19,20,21);1-2H3. The predicted octanol–water partition coefficient (Wildman–Crippen LogP) is 4.74. The highest BCUT2D eigenvalue weighted by Crippen LogP contribution is 2.16. The van der Waals surface area contributed by atoms with Crippen LogP contribution in [-0.4, -0.2) is 12.1 Å². The molecule has 0 radical (unpaired) electrons. The molecule has 0 bridgehead atoms. The van der Waals surface area contributed by atoms with Crippen molar-refractivity contribution in [2.45, 2.75) is 47.3 Å². The Bertz CT molecular complexity index is 616. The second-order valence-corrected chi connectivity index (χ2v) is 5.50. The molecule has 0 aromatic heterocycles. The lowest BCUT2D eigenvalue weighted by atomic mass is 10.1. The highest BCUT2D eigenvalue weighted by atomic mass is 16.5. The van der Waals surface area contributed by atoms with Crippen molar-refractivity contribution in [2.75, 3.05) is 5.32 Å². The molecule has 0 aliphatic rings. The number of nitrogens with two attached hydrogens (primary N) is 1. The van der Waals surface area contributed by atoms with Gasteiger partial charge in [0.05, 0.1) is 12.6 Å². The first kappa shape index (κ1) is 19.6. The summed E-state index contributed by atoms with van der Waals surface area (Å²) in [6.45, 7) is 10.6. The van der Waals surface area contributed by atoms with Crippen molar-refractivity contribution >= 4 is 11.6 Å². The van der Waals surface area contributed by atoms with E-state index in [2.05, 4.69) is 41.5 Å². The topological polar surface area (TPSA) is 59.6 Å². The quantitative estimate of drug-likeness (QED) is 0.616. The van der Waals surface area contributed by atoms with Gasteiger partial charge in [0.15, 0.2) is 5.96 Å². The molecule has 4 heteroatoms. The number of aliphatic imine (C=N–C) groups is 1. The second-order valence-electron chi connectivity index (χ2n) is 5.50. The van der Waals surface area contributed by atoms with E-state index in [0.29, 0.717) is 12.5 Å². The Balaban J connectivity index is 0.00000139. The number of anilines is 1. The van der Waals surface area contributed by atoms with Crippen LogP contribution in [0.3, 0.4) is 0 Å². The molecule has 0 spiro atoms. The van der Waals surface area contributed by atoms with Gasteiger partial charge in [0.2, 0.25) is 0 Å². The van der Waals surface area contributed by atoms with Gasteiger partial charge in [-0.15, -0.1) is 0 Å². The molecule has 2 aromatic rings. The molecule has 2 rings (SSSR count). The molecule has 3 N–H and O–H groups in total. The summed E-state index contributed by atoms with van der Waals surface area (Å²) < 4.78 is 5.60. The number of nitrogens with one attached hydrogen (secondary N) is 1. The summed E-state index contributed by atoms with van der Waals surface area (Å²) in [5, 5.41) is 3.08. The second kappa shape index (κ2) is 10.3. The average molecular weight is 327 g/mol.